The third-order valence-corrected chi connectivity index (χ3v) is 3.14. The highest BCUT2D eigenvalue weighted by Gasteiger charge is 2.37. The Morgan fingerprint density at radius 3 is 2.44 bits per heavy atom. The Hall–Kier alpha value is -1.89. The van der Waals surface area contributed by atoms with Crippen LogP contribution in [0.1, 0.15) is 38.8 Å². The van der Waals surface area contributed by atoms with Crippen LogP contribution in [0.15, 0.2) is 29.4 Å². The Morgan fingerprint density at radius 2 is 2.00 bits per heavy atom. The molecule has 0 saturated heterocycles. The third-order valence-electron chi connectivity index (χ3n) is 3.14. The van der Waals surface area contributed by atoms with Crippen molar-refractivity contribution in [2.75, 3.05) is 0 Å². The molecule has 1 aliphatic heterocycles. The molecule has 1 heterocycles. The molecule has 3 nitrogen and oxygen atoms in total. The number of nitriles is 1. The first-order chi connectivity index (χ1) is 8.44. The molecule has 1 aromatic carbocycles. The average molecular weight is 245 g/mol. The van der Waals surface area contributed by atoms with Crippen LogP contribution >= 0.6 is 0 Å². The number of halogens is 1. The van der Waals surface area contributed by atoms with E-state index in [-0.39, 0.29) is 11.4 Å². The van der Waals surface area contributed by atoms with Crippen LogP contribution in [0.25, 0.3) is 0 Å². The van der Waals surface area contributed by atoms with Gasteiger partial charge in [-0.15, -0.1) is 0 Å². The molecule has 18 heavy (non-hydrogen) atoms. The molecule has 0 unspecified atom stereocenters. The number of hydrogen-bond donors (Lipinski definition) is 0. The largest absolute Gasteiger partial charge is 0.269 e. The molecule has 0 aromatic heterocycles. The second-order valence-corrected chi connectivity index (χ2v) is 5.25. The maximum Gasteiger partial charge on any atom is 0.159 e. The second-order valence-electron chi connectivity index (χ2n) is 5.25. The van der Waals surface area contributed by atoms with Crippen LogP contribution in [-0.2, 0) is 0 Å². The molecule has 0 aliphatic carbocycles. The van der Waals surface area contributed by atoms with Crippen LogP contribution in [0.3, 0.4) is 0 Å². The van der Waals surface area contributed by atoms with Crippen molar-refractivity contribution in [1.29, 1.82) is 5.26 Å². The van der Waals surface area contributed by atoms with Crippen LogP contribution < -0.4 is 0 Å². The molecule has 0 saturated carbocycles. The van der Waals surface area contributed by atoms with E-state index in [2.05, 4.69) is 25.0 Å². The van der Waals surface area contributed by atoms with Crippen LogP contribution in [0.5, 0.6) is 0 Å². The maximum absolute atomic E-state index is 12.9. The van der Waals surface area contributed by atoms with E-state index in [1.165, 1.54) is 12.1 Å². The van der Waals surface area contributed by atoms with E-state index in [1.54, 1.807) is 12.1 Å². The molecular weight excluding hydrogens is 229 g/mol. The van der Waals surface area contributed by atoms with E-state index in [4.69, 9.17) is 0 Å². The Balaban J connectivity index is 2.35. The van der Waals surface area contributed by atoms with E-state index in [0.29, 0.717) is 0 Å². The molecular formula is C14H16FN3. The summed E-state index contributed by atoms with van der Waals surface area (Å²) in [6, 6.07) is 7.81. The predicted octanol–water partition coefficient (Wildman–Crippen LogP) is 3.25. The Labute approximate surface area is 107 Å². The van der Waals surface area contributed by atoms with Gasteiger partial charge in [-0.3, -0.25) is 5.01 Å². The summed E-state index contributed by atoms with van der Waals surface area (Å²) in [6.07, 6.45) is 0.840. The summed E-state index contributed by atoms with van der Waals surface area (Å²) >= 11 is 0. The fourth-order valence-electron chi connectivity index (χ4n) is 2.38. The van der Waals surface area contributed by atoms with Gasteiger partial charge in [0, 0.05) is 12.1 Å². The van der Waals surface area contributed by atoms with Gasteiger partial charge in [-0.25, -0.2) is 4.39 Å². The first-order valence-electron chi connectivity index (χ1n) is 5.92. The molecule has 4 heteroatoms. The minimum absolute atomic E-state index is 0.182. The van der Waals surface area contributed by atoms with Crippen molar-refractivity contribution in [3.05, 3.63) is 35.6 Å². The molecule has 0 radical (unpaired) electrons. The maximum atomic E-state index is 12.9. The van der Waals surface area contributed by atoms with Gasteiger partial charge >= 0.3 is 0 Å². The van der Waals surface area contributed by atoms with Crippen LogP contribution in [0, 0.1) is 17.1 Å². The van der Waals surface area contributed by atoms with Gasteiger partial charge in [0.15, 0.2) is 6.04 Å². The lowest BCUT2D eigenvalue weighted by Gasteiger charge is -2.34. The van der Waals surface area contributed by atoms with Crippen molar-refractivity contribution < 1.29 is 4.39 Å². The van der Waals surface area contributed by atoms with Gasteiger partial charge in [-0.1, -0.05) is 12.1 Å². The molecule has 1 aliphatic rings. The standard InChI is InChI=1S/C14H16FN3/c1-10-8-14(2,3)18(17-10)13(9-16)11-4-6-12(15)7-5-11/h4-7,13H,8H2,1-3H3/t13-/m1/s1. The monoisotopic (exact) mass is 245 g/mol. The quantitative estimate of drug-likeness (QED) is 0.802. The molecule has 1 aromatic rings. The van der Waals surface area contributed by atoms with E-state index >= 15 is 0 Å². The number of rotatable bonds is 2. The fraction of sp³-hybridized carbons (Fsp3) is 0.429. The second kappa shape index (κ2) is 4.41. The van der Waals surface area contributed by atoms with Crippen LogP contribution in [0.2, 0.25) is 0 Å². The Morgan fingerprint density at radius 1 is 1.39 bits per heavy atom. The van der Waals surface area contributed by atoms with Gasteiger partial charge in [0.2, 0.25) is 0 Å². The number of nitrogens with zero attached hydrogens (tertiary/aromatic N) is 3. The minimum Gasteiger partial charge on any atom is -0.269 e. The Kier molecular flexibility index (Phi) is 3.08. The molecule has 0 spiro atoms. The average Bonchev–Trinajstić information content (AvgIpc) is 2.56. The zero-order chi connectivity index (χ0) is 13.3. The first kappa shape index (κ1) is 12.6. The molecule has 0 fully saturated rings. The summed E-state index contributed by atoms with van der Waals surface area (Å²) < 4.78 is 12.9. The molecule has 0 N–H and O–H groups in total. The van der Waals surface area contributed by atoms with Gasteiger partial charge in [-0.2, -0.15) is 10.4 Å². The molecule has 0 amide bonds. The Bertz CT molecular complexity index is 511. The number of benzene rings is 1. The van der Waals surface area contributed by atoms with Crippen molar-refractivity contribution in [2.24, 2.45) is 5.10 Å². The highest BCUT2D eigenvalue weighted by molar-refractivity contribution is 5.84. The summed E-state index contributed by atoms with van der Waals surface area (Å²) in [4.78, 5) is 0. The van der Waals surface area contributed by atoms with E-state index in [1.807, 2.05) is 11.9 Å². The lowest BCUT2D eigenvalue weighted by atomic mass is 9.96. The lowest BCUT2D eigenvalue weighted by Crippen LogP contribution is -2.38. The third kappa shape index (κ3) is 2.21. The van der Waals surface area contributed by atoms with E-state index < -0.39 is 6.04 Å². The first-order valence-corrected chi connectivity index (χ1v) is 5.92. The summed E-state index contributed by atoms with van der Waals surface area (Å²) in [5.41, 5.74) is 1.60. The topological polar surface area (TPSA) is 39.4 Å². The van der Waals surface area contributed by atoms with E-state index in [9.17, 15) is 9.65 Å². The van der Waals surface area contributed by atoms with Crippen LogP contribution in [0.4, 0.5) is 4.39 Å². The molecule has 2 rings (SSSR count). The molecule has 94 valence electrons. The molecule has 1 atom stereocenters. The van der Waals surface area contributed by atoms with Crippen molar-refractivity contribution in [2.45, 2.75) is 38.8 Å². The predicted molar refractivity (Wildman–Crippen MR) is 68.4 cm³/mol. The summed E-state index contributed by atoms with van der Waals surface area (Å²) in [6.45, 7) is 6.07. The van der Waals surface area contributed by atoms with Crippen molar-refractivity contribution in [3.63, 3.8) is 0 Å². The highest BCUT2D eigenvalue weighted by atomic mass is 19.1. The van der Waals surface area contributed by atoms with Gasteiger partial charge < -0.3 is 0 Å². The fourth-order valence-corrected chi connectivity index (χ4v) is 2.38. The van der Waals surface area contributed by atoms with Gasteiger partial charge in [0.1, 0.15) is 5.82 Å². The summed E-state index contributed by atoms with van der Waals surface area (Å²) in [7, 11) is 0. The van der Waals surface area contributed by atoms with E-state index in [0.717, 1.165) is 17.7 Å². The zero-order valence-corrected chi connectivity index (χ0v) is 10.8. The number of hydrazone groups is 1. The van der Waals surface area contributed by atoms with Gasteiger partial charge in [-0.05, 0) is 38.5 Å². The number of hydrogen-bond acceptors (Lipinski definition) is 3. The van der Waals surface area contributed by atoms with Gasteiger partial charge in [0.25, 0.3) is 0 Å². The highest BCUT2D eigenvalue weighted by Crippen LogP contribution is 2.35. The lowest BCUT2D eigenvalue weighted by molar-refractivity contribution is 0.123. The normalized spacial score (nSPS) is 19.3. The van der Waals surface area contributed by atoms with Crippen molar-refractivity contribution in [3.8, 4) is 6.07 Å². The summed E-state index contributed by atoms with van der Waals surface area (Å²) in [5.74, 6) is -0.296. The summed E-state index contributed by atoms with van der Waals surface area (Å²) in [5, 5.41) is 15.6. The SMILES string of the molecule is CC1=NN([C@H](C#N)c2ccc(F)cc2)C(C)(C)C1. The molecule has 0 bridgehead atoms. The van der Waals surface area contributed by atoms with Crippen molar-refractivity contribution in [1.82, 2.24) is 5.01 Å². The van der Waals surface area contributed by atoms with Gasteiger partial charge in [0.05, 0.1) is 11.6 Å². The van der Waals surface area contributed by atoms with Crippen LogP contribution in [-0.4, -0.2) is 16.3 Å². The minimum atomic E-state index is -0.474. The van der Waals surface area contributed by atoms with Crippen molar-refractivity contribution >= 4 is 5.71 Å². The zero-order valence-electron chi connectivity index (χ0n) is 10.8. The smallest absolute Gasteiger partial charge is 0.159 e.